The van der Waals surface area contributed by atoms with E-state index in [1.54, 1.807) is 19.2 Å². The molecular weight excluding hydrogens is 266 g/mol. The van der Waals surface area contributed by atoms with Crippen molar-refractivity contribution in [3.8, 4) is 17.2 Å². The average Bonchev–Trinajstić information content (AvgIpc) is 2.47. The molecule has 21 heavy (non-hydrogen) atoms. The van der Waals surface area contributed by atoms with E-state index >= 15 is 0 Å². The molecule has 0 fully saturated rings. The molecular formula is C17H21NO3. The Balaban J connectivity index is 2.17. The molecule has 2 aromatic rings. The zero-order chi connectivity index (χ0) is 15.2. The van der Waals surface area contributed by atoms with E-state index in [1.807, 2.05) is 38.1 Å². The van der Waals surface area contributed by atoms with Crippen LogP contribution in [-0.4, -0.2) is 18.8 Å². The van der Waals surface area contributed by atoms with Gasteiger partial charge in [0.15, 0.2) is 11.5 Å². The third kappa shape index (κ3) is 3.60. The Morgan fingerprint density at radius 2 is 2.00 bits per heavy atom. The molecule has 0 aliphatic rings. The number of phenolic OH excluding ortho intramolecular Hbond substituents is 1. The number of rotatable bonds is 6. The molecule has 0 bridgehead atoms. The molecule has 4 heteroatoms. The molecule has 2 N–H and O–H groups in total. The van der Waals surface area contributed by atoms with Crippen LogP contribution in [0.4, 0.5) is 5.69 Å². The van der Waals surface area contributed by atoms with Gasteiger partial charge in [-0.3, -0.25) is 0 Å². The molecule has 0 aliphatic carbocycles. The molecule has 0 amide bonds. The number of aryl methyl sites for hydroxylation is 1. The van der Waals surface area contributed by atoms with Gasteiger partial charge in [-0.2, -0.15) is 0 Å². The number of phenols is 1. The smallest absolute Gasteiger partial charge is 0.165 e. The first-order valence-corrected chi connectivity index (χ1v) is 6.98. The largest absolute Gasteiger partial charge is 0.508 e. The summed E-state index contributed by atoms with van der Waals surface area (Å²) >= 11 is 0. The minimum atomic E-state index is 0.272. The maximum atomic E-state index is 9.44. The van der Waals surface area contributed by atoms with Crippen molar-refractivity contribution in [3.63, 3.8) is 0 Å². The van der Waals surface area contributed by atoms with Crippen molar-refractivity contribution < 1.29 is 14.6 Å². The molecule has 0 radical (unpaired) electrons. The van der Waals surface area contributed by atoms with Crippen LogP contribution in [0.3, 0.4) is 0 Å². The number of methoxy groups -OCH3 is 1. The average molecular weight is 287 g/mol. The third-order valence-corrected chi connectivity index (χ3v) is 3.24. The Labute approximate surface area is 125 Å². The summed E-state index contributed by atoms with van der Waals surface area (Å²) < 4.78 is 11.0. The first kappa shape index (κ1) is 15.0. The van der Waals surface area contributed by atoms with Crippen molar-refractivity contribution in [2.75, 3.05) is 19.0 Å². The molecule has 4 nitrogen and oxygen atoms in total. The summed E-state index contributed by atoms with van der Waals surface area (Å²) in [7, 11) is 1.65. The highest BCUT2D eigenvalue weighted by Crippen LogP contribution is 2.32. The fraction of sp³-hybridized carbons (Fsp3) is 0.294. The van der Waals surface area contributed by atoms with Gasteiger partial charge in [0.05, 0.1) is 13.7 Å². The highest BCUT2D eigenvalue weighted by atomic mass is 16.5. The molecule has 2 aromatic carbocycles. The van der Waals surface area contributed by atoms with Gasteiger partial charge in [0.2, 0.25) is 0 Å². The number of aromatic hydroxyl groups is 1. The number of para-hydroxylation sites is 1. The molecule has 0 heterocycles. The fourth-order valence-electron chi connectivity index (χ4n) is 2.24. The summed E-state index contributed by atoms with van der Waals surface area (Å²) in [5.74, 6) is 1.78. The van der Waals surface area contributed by atoms with E-state index in [-0.39, 0.29) is 5.75 Å². The van der Waals surface area contributed by atoms with Gasteiger partial charge in [-0.1, -0.05) is 12.1 Å². The van der Waals surface area contributed by atoms with Crippen LogP contribution in [-0.2, 0) is 6.54 Å². The Kier molecular flexibility index (Phi) is 4.93. The highest BCUT2D eigenvalue weighted by molar-refractivity contribution is 5.55. The lowest BCUT2D eigenvalue weighted by molar-refractivity contribution is 0.309. The van der Waals surface area contributed by atoms with Crippen LogP contribution in [0.25, 0.3) is 0 Å². The third-order valence-electron chi connectivity index (χ3n) is 3.24. The highest BCUT2D eigenvalue weighted by Gasteiger charge is 2.10. The zero-order valence-electron chi connectivity index (χ0n) is 12.6. The van der Waals surface area contributed by atoms with Gasteiger partial charge in [0.1, 0.15) is 5.75 Å². The molecule has 0 aromatic heterocycles. The van der Waals surface area contributed by atoms with Crippen molar-refractivity contribution in [3.05, 3.63) is 47.5 Å². The predicted molar refractivity (Wildman–Crippen MR) is 84.3 cm³/mol. The van der Waals surface area contributed by atoms with Gasteiger partial charge in [0, 0.05) is 17.8 Å². The molecule has 0 atom stereocenters. The Morgan fingerprint density at radius 3 is 2.67 bits per heavy atom. The zero-order valence-corrected chi connectivity index (χ0v) is 12.6. The normalized spacial score (nSPS) is 10.2. The maximum absolute atomic E-state index is 9.44. The summed E-state index contributed by atoms with van der Waals surface area (Å²) in [6, 6.07) is 11.1. The van der Waals surface area contributed by atoms with Gasteiger partial charge >= 0.3 is 0 Å². The molecule has 112 valence electrons. The number of hydrogen-bond acceptors (Lipinski definition) is 4. The SMILES string of the molecule is CCOc1cccc(CNc2ccc(O)cc2C)c1OC. The summed E-state index contributed by atoms with van der Waals surface area (Å²) in [4.78, 5) is 0. The minimum absolute atomic E-state index is 0.272. The Bertz CT molecular complexity index is 611. The van der Waals surface area contributed by atoms with Crippen molar-refractivity contribution >= 4 is 5.69 Å². The topological polar surface area (TPSA) is 50.7 Å². The maximum Gasteiger partial charge on any atom is 0.165 e. The van der Waals surface area contributed by atoms with Crippen LogP contribution in [0.1, 0.15) is 18.1 Å². The van der Waals surface area contributed by atoms with E-state index in [9.17, 15) is 5.11 Å². The Hall–Kier alpha value is -2.36. The molecule has 0 aliphatic heterocycles. The second-order valence-corrected chi connectivity index (χ2v) is 4.73. The quantitative estimate of drug-likeness (QED) is 0.795. The van der Waals surface area contributed by atoms with Crippen LogP contribution in [0.5, 0.6) is 17.2 Å². The van der Waals surface area contributed by atoms with E-state index in [1.165, 1.54) is 0 Å². The minimum Gasteiger partial charge on any atom is -0.508 e. The van der Waals surface area contributed by atoms with Crippen molar-refractivity contribution in [1.82, 2.24) is 0 Å². The molecule has 2 rings (SSSR count). The molecule has 0 saturated carbocycles. The monoisotopic (exact) mass is 287 g/mol. The van der Waals surface area contributed by atoms with Gasteiger partial charge in [-0.25, -0.2) is 0 Å². The van der Waals surface area contributed by atoms with Crippen molar-refractivity contribution in [2.24, 2.45) is 0 Å². The van der Waals surface area contributed by atoms with Gasteiger partial charge in [-0.05, 0) is 43.7 Å². The van der Waals surface area contributed by atoms with Crippen LogP contribution < -0.4 is 14.8 Å². The van der Waals surface area contributed by atoms with Crippen LogP contribution in [0.15, 0.2) is 36.4 Å². The lowest BCUT2D eigenvalue weighted by atomic mass is 10.1. The van der Waals surface area contributed by atoms with Crippen LogP contribution in [0.2, 0.25) is 0 Å². The molecule has 0 saturated heterocycles. The fourth-order valence-corrected chi connectivity index (χ4v) is 2.24. The first-order chi connectivity index (χ1) is 10.2. The number of nitrogens with one attached hydrogen (secondary N) is 1. The Morgan fingerprint density at radius 1 is 1.19 bits per heavy atom. The standard InChI is InChI=1S/C17H21NO3/c1-4-21-16-7-5-6-13(17(16)20-3)11-18-15-9-8-14(19)10-12(15)2/h5-10,18-19H,4,11H2,1-3H3. The lowest BCUT2D eigenvalue weighted by Crippen LogP contribution is -2.04. The van der Waals surface area contributed by atoms with Crippen LogP contribution >= 0.6 is 0 Å². The summed E-state index contributed by atoms with van der Waals surface area (Å²) in [6.45, 7) is 5.13. The second-order valence-electron chi connectivity index (χ2n) is 4.73. The molecule has 0 spiro atoms. The molecule has 0 unspecified atom stereocenters. The number of anilines is 1. The van der Waals surface area contributed by atoms with E-state index in [0.29, 0.717) is 13.2 Å². The van der Waals surface area contributed by atoms with Gasteiger partial charge < -0.3 is 19.9 Å². The van der Waals surface area contributed by atoms with Crippen LogP contribution in [0, 0.1) is 6.92 Å². The van der Waals surface area contributed by atoms with E-state index in [4.69, 9.17) is 9.47 Å². The summed E-state index contributed by atoms with van der Waals surface area (Å²) in [5, 5.41) is 12.8. The second kappa shape index (κ2) is 6.88. The van der Waals surface area contributed by atoms with Gasteiger partial charge in [0.25, 0.3) is 0 Å². The number of ether oxygens (including phenoxy) is 2. The van der Waals surface area contributed by atoms with E-state index in [2.05, 4.69) is 5.32 Å². The van der Waals surface area contributed by atoms with E-state index < -0.39 is 0 Å². The predicted octanol–water partition coefficient (Wildman–Crippen LogP) is 3.72. The first-order valence-electron chi connectivity index (χ1n) is 6.98. The van der Waals surface area contributed by atoms with E-state index in [0.717, 1.165) is 28.3 Å². The number of hydrogen-bond donors (Lipinski definition) is 2. The van der Waals surface area contributed by atoms with Gasteiger partial charge in [-0.15, -0.1) is 0 Å². The summed E-state index contributed by atoms with van der Waals surface area (Å²) in [6.07, 6.45) is 0. The van der Waals surface area contributed by atoms with Crippen molar-refractivity contribution in [1.29, 1.82) is 0 Å². The number of benzene rings is 2. The van der Waals surface area contributed by atoms with Crippen molar-refractivity contribution in [2.45, 2.75) is 20.4 Å². The summed E-state index contributed by atoms with van der Waals surface area (Å²) in [5.41, 5.74) is 3.00. The lowest BCUT2D eigenvalue weighted by Gasteiger charge is -2.15.